The first-order chi connectivity index (χ1) is 12.4. The van der Waals surface area contributed by atoms with E-state index in [4.69, 9.17) is 14.2 Å². The van der Waals surface area contributed by atoms with E-state index in [0.29, 0.717) is 0 Å². The van der Waals surface area contributed by atoms with Crippen LogP contribution in [0.4, 0.5) is 0 Å². The highest BCUT2D eigenvalue weighted by atomic mass is 16.6. The third-order valence-corrected chi connectivity index (χ3v) is 3.88. The van der Waals surface area contributed by atoms with Crippen LogP contribution >= 0.6 is 0 Å². The molecule has 3 atom stereocenters. The minimum Gasteiger partial charge on any atom is -0.464 e. The zero-order valence-electron chi connectivity index (χ0n) is 15.0. The van der Waals surface area contributed by atoms with Crippen LogP contribution in [0.3, 0.4) is 0 Å². The van der Waals surface area contributed by atoms with Gasteiger partial charge in [-0.2, -0.15) is 10.2 Å². The van der Waals surface area contributed by atoms with Crippen molar-refractivity contribution in [3.05, 3.63) is 35.9 Å². The quantitative estimate of drug-likeness (QED) is 0.542. The summed E-state index contributed by atoms with van der Waals surface area (Å²) in [6.45, 7) is 4.74. The van der Waals surface area contributed by atoms with E-state index in [-0.39, 0.29) is 19.6 Å². The monoisotopic (exact) mass is 362 g/mol. The zero-order chi connectivity index (χ0) is 19.2. The Morgan fingerprint density at radius 2 is 1.73 bits per heavy atom. The lowest BCUT2D eigenvalue weighted by atomic mass is 9.83. The SMILES string of the molecule is CCOC(=O)C1N=NC(Cc2ccccc2)(C(=O)OCC)C1OC(C)=O. The topological polar surface area (TPSA) is 104 Å². The molecule has 0 spiro atoms. The number of nitrogens with zero attached hydrogens (tertiary/aromatic N) is 2. The van der Waals surface area contributed by atoms with Crippen molar-refractivity contribution in [3.63, 3.8) is 0 Å². The van der Waals surface area contributed by atoms with Gasteiger partial charge in [-0.25, -0.2) is 9.59 Å². The lowest BCUT2D eigenvalue weighted by molar-refractivity contribution is -0.165. The number of benzene rings is 1. The largest absolute Gasteiger partial charge is 0.464 e. The molecule has 0 saturated carbocycles. The van der Waals surface area contributed by atoms with Crippen LogP contribution in [0.2, 0.25) is 0 Å². The number of carbonyl (C=O) groups is 3. The highest BCUT2D eigenvalue weighted by molar-refractivity contribution is 5.87. The van der Waals surface area contributed by atoms with E-state index in [2.05, 4.69) is 10.2 Å². The maximum Gasteiger partial charge on any atom is 0.340 e. The van der Waals surface area contributed by atoms with Crippen molar-refractivity contribution in [2.45, 2.75) is 44.9 Å². The minimum absolute atomic E-state index is 0.0734. The highest BCUT2D eigenvalue weighted by Crippen LogP contribution is 2.36. The molecule has 0 aromatic heterocycles. The molecule has 8 heteroatoms. The van der Waals surface area contributed by atoms with Crippen LogP contribution < -0.4 is 0 Å². The first-order valence-corrected chi connectivity index (χ1v) is 8.41. The molecule has 3 unspecified atom stereocenters. The standard InChI is InChI=1S/C18H22N2O6/c1-4-24-16(22)14-15(26-12(3)21)18(20-19-14,17(23)25-5-2)11-13-9-7-6-8-10-13/h6-10,14-15H,4-5,11H2,1-3H3. The van der Waals surface area contributed by atoms with Gasteiger partial charge in [-0.05, 0) is 19.4 Å². The van der Waals surface area contributed by atoms with Gasteiger partial charge in [-0.1, -0.05) is 30.3 Å². The van der Waals surface area contributed by atoms with Gasteiger partial charge in [0, 0.05) is 13.3 Å². The van der Waals surface area contributed by atoms with Crippen molar-refractivity contribution >= 4 is 17.9 Å². The summed E-state index contributed by atoms with van der Waals surface area (Å²) in [6.07, 6.45) is -1.16. The average Bonchev–Trinajstić information content (AvgIpc) is 2.95. The molecule has 0 N–H and O–H groups in total. The molecule has 1 aromatic rings. The Hall–Kier alpha value is -2.77. The maximum atomic E-state index is 12.8. The number of carbonyl (C=O) groups excluding carboxylic acids is 3. The minimum atomic E-state index is -1.64. The van der Waals surface area contributed by atoms with E-state index in [9.17, 15) is 14.4 Å². The second-order valence-electron chi connectivity index (χ2n) is 5.75. The van der Waals surface area contributed by atoms with Crippen LogP contribution in [0.5, 0.6) is 0 Å². The van der Waals surface area contributed by atoms with Crippen LogP contribution in [0.1, 0.15) is 26.3 Å². The molecule has 2 rings (SSSR count). The summed E-state index contributed by atoms with van der Waals surface area (Å²) >= 11 is 0. The van der Waals surface area contributed by atoms with E-state index >= 15 is 0 Å². The maximum absolute atomic E-state index is 12.8. The molecule has 0 saturated heterocycles. The molecular formula is C18H22N2O6. The van der Waals surface area contributed by atoms with Crippen LogP contribution in [-0.2, 0) is 35.0 Å². The third kappa shape index (κ3) is 4.07. The van der Waals surface area contributed by atoms with Crippen molar-refractivity contribution in [2.24, 2.45) is 10.2 Å². The lowest BCUT2D eigenvalue weighted by Gasteiger charge is -2.30. The number of esters is 3. The Morgan fingerprint density at radius 3 is 2.31 bits per heavy atom. The second-order valence-corrected chi connectivity index (χ2v) is 5.75. The fourth-order valence-corrected chi connectivity index (χ4v) is 2.81. The average molecular weight is 362 g/mol. The van der Waals surface area contributed by atoms with Gasteiger partial charge in [0.05, 0.1) is 13.2 Å². The molecule has 0 aliphatic carbocycles. The van der Waals surface area contributed by atoms with Crippen LogP contribution in [0, 0.1) is 0 Å². The van der Waals surface area contributed by atoms with E-state index in [1.54, 1.807) is 26.0 Å². The molecular weight excluding hydrogens is 340 g/mol. The molecule has 140 valence electrons. The summed E-state index contributed by atoms with van der Waals surface area (Å²) in [5.41, 5.74) is -0.873. The van der Waals surface area contributed by atoms with Crippen LogP contribution in [0.15, 0.2) is 40.6 Å². The summed E-state index contributed by atoms with van der Waals surface area (Å²) in [5.74, 6) is -2.06. The van der Waals surface area contributed by atoms with E-state index < -0.39 is 35.6 Å². The second kappa shape index (κ2) is 8.55. The van der Waals surface area contributed by atoms with E-state index in [1.807, 2.05) is 18.2 Å². The molecule has 8 nitrogen and oxygen atoms in total. The Morgan fingerprint density at radius 1 is 1.08 bits per heavy atom. The zero-order valence-corrected chi connectivity index (χ0v) is 15.0. The summed E-state index contributed by atoms with van der Waals surface area (Å²) in [6, 6.07) is 7.85. The van der Waals surface area contributed by atoms with Gasteiger partial charge in [0.2, 0.25) is 11.6 Å². The van der Waals surface area contributed by atoms with Crippen molar-refractivity contribution in [1.82, 2.24) is 0 Å². The Kier molecular flexibility index (Phi) is 6.43. The number of hydrogen-bond acceptors (Lipinski definition) is 8. The number of hydrogen-bond donors (Lipinski definition) is 0. The van der Waals surface area contributed by atoms with Gasteiger partial charge in [-0.3, -0.25) is 4.79 Å². The molecule has 0 amide bonds. The molecule has 1 heterocycles. The smallest absolute Gasteiger partial charge is 0.340 e. The van der Waals surface area contributed by atoms with Gasteiger partial charge >= 0.3 is 17.9 Å². The van der Waals surface area contributed by atoms with Crippen molar-refractivity contribution in [2.75, 3.05) is 13.2 Å². The van der Waals surface area contributed by atoms with Gasteiger partial charge < -0.3 is 14.2 Å². The Bertz CT molecular complexity index is 690. The van der Waals surface area contributed by atoms with Crippen molar-refractivity contribution in [3.8, 4) is 0 Å². The molecule has 0 bridgehead atoms. The van der Waals surface area contributed by atoms with Gasteiger partial charge in [0.15, 0.2) is 6.10 Å². The predicted molar refractivity (Wildman–Crippen MR) is 90.3 cm³/mol. The van der Waals surface area contributed by atoms with Gasteiger partial charge in [-0.15, -0.1) is 0 Å². The molecule has 1 aliphatic rings. The van der Waals surface area contributed by atoms with Crippen molar-refractivity contribution < 1.29 is 28.6 Å². The molecule has 1 aliphatic heterocycles. The number of azo groups is 1. The summed E-state index contributed by atoms with van der Waals surface area (Å²) in [5, 5.41) is 7.99. The predicted octanol–water partition coefficient (Wildman–Crippen LogP) is 1.86. The summed E-state index contributed by atoms with van der Waals surface area (Å²) in [7, 11) is 0. The highest BCUT2D eigenvalue weighted by Gasteiger charge is 2.59. The number of ether oxygens (including phenoxy) is 3. The van der Waals surface area contributed by atoms with Gasteiger partial charge in [0.1, 0.15) is 0 Å². The first kappa shape index (κ1) is 19.6. The molecule has 26 heavy (non-hydrogen) atoms. The van der Waals surface area contributed by atoms with Crippen LogP contribution in [-0.4, -0.2) is 48.8 Å². The Balaban J connectivity index is 2.45. The summed E-state index contributed by atoms with van der Waals surface area (Å²) in [4.78, 5) is 36.6. The molecule has 0 radical (unpaired) electrons. The molecule has 0 fully saturated rings. The fraction of sp³-hybridized carbons (Fsp3) is 0.500. The third-order valence-electron chi connectivity index (χ3n) is 3.88. The fourth-order valence-electron chi connectivity index (χ4n) is 2.81. The van der Waals surface area contributed by atoms with E-state index in [0.717, 1.165) is 5.56 Å². The Labute approximate surface area is 151 Å². The number of rotatable bonds is 7. The summed E-state index contributed by atoms with van der Waals surface area (Å²) < 4.78 is 15.5. The van der Waals surface area contributed by atoms with Crippen molar-refractivity contribution in [1.29, 1.82) is 0 Å². The van der Waals surface area contributed by atoms with Crippen LogP contribution in [0.25, 0.3) is 0 Å². The lowest BCUT2D eigenvalue weighted by Crippen LogP contribution is -2.55. The first-order valence-electron chi connectivity index (χ1n) is 8.41. The normalized spacial score (nSPS) is 24.1. The van der Waals surface area contributed by atoms with E-state index in [1.165, 1.54) is 6.92 Å². The molecule has 1 aromatic carbocycles. The van der Waals surface area contributed by atoms with Gasteiger partial charge in [0.25, 0.3) is 0 Å².